The molecule has 6 heteroatoms. The van der Waals surface area contributed by atoms with Gasteiger partial charge in [0.1, 0.15) is 0 Å². The van der Waals surface area contributed by atoms with E-state index >= 15 is 0 Å². The lowest BCUT2D eigenvalue weighted by Gasteiger charge is -2.44. The largest absolute Gasteiger partial charge is 0.341 e. The highest BCUT2D eigenvalue weighted by Gasteiger charge is 2.48. The molecular weight excluding hydrogens is 322 g/mol. The summed E-state index contributed by atoms with van der Waals surface area (Å²) in [5.41, 5.74) is 0.493. The van der Waals surface area contributed by atoms with Crippen LogP contribution in [0.25, 0.3) is 0 Å². The van der Waals surface area contributed by atoms with E-state index in [4.69, 9.17) is 11.6 Å². The second kappa shape index (κ2) is 5.53. The molecule has 0 bridgehead atoms. The minimum Gasteiger partial charge on any atom is -0.341 e. The predicted molar refractivity (Wildman–Crippen MR) is 86.8 cm³/mol. The maximum atomic E-state index is 13.0. The van der Waals surface area contributed by atoms with Crippen LogP contribution < -0.4 is 0 Å². The second-order valence-corrected chi connectivity index (χ2v) is 9.08. The molecule has 2 fully saturated rings. The van der Waals surface area contributed by atoms with Crippen LogP contribution in [-0.4, -0.2) is 43.8 Å². The molecule has 1 unspecified atom stereocenters. The summed E-state index contributed by atoms with van der Waals surface area (Å²) in [4.78, 5) is 14.7. The van der Waals surface area contributed by atoms with Crippen molar-refractivity contribution in [3.05, 3.63) is 34.9 Å². The van der Waals surface area contributed by atoms with Gasteiger partial charge >= 0.3 is 0 Å². The molecule has 1 aliphatic carbocycles. The van der Waals surface area contributed by atoms with Gasteiger partial charge in [0.2, 0.25) is 5.91 Å². The monoisotopic (exact) mass is 341 g/mol. The van der Waals surface area contributed by atoms with E-state index in [9.17, 15) is 13.2 Å². The normalized spacial score (nSPS) is 25.5. The lowest BCUT2D eigenvalue weighted by molar-refractivity contribution is -0.141. The maximum absolute atomic E-state index is 13.0. The van der Waals surface area contributed by atoms with Crippen molar-refractivity contribution in [3.63, 3.8) is 0 Å². The fourth-order valence-corrected chi connectivity index (χ4v) is 5.41. The van der Waals surface area contributed by atoms with Crippen LogP contribution in [0.1, 0.15) is 31.2 Å². The first kappa shape index (κ1) is 15.8. The van der Waals surface area contributed by atoms with Crippen molar-refractivity contribution < 1.29 is 13.2 Å². The average molecular weight is 342 g/mol. The predicted octanol–water partition coefficient (Wildman–Crippen LogP) is 2.41. The van der Waals surface area contributed by atoms with E-state index in [-0.39, 0.29) is 23.5 Å². The fraction of sp³-hybridized carbons (Fsp3) is 0.562. The third-order valence-electron chi connectivity index (χ3n) is 5.09. The summed E-state index contributed by atoms with van der Waals surface area (Å²) in [5, 5.41) is 0.654. The molecule has 0 spiro atoms. The Bertz CT molecular complexity index is 680. The summed E-state index contributed by atoms with van der Waals surface area (Å²) in [6.07, 6.45) is 3.20. The van der Waals surface area contributed by atoms with Crippen LogP contribution in [0, 0.1) is 0 Å². The Morgan fingerprint density at radius 2 is 1.91 bits per heavy atom. The number of halogens is 1. The molecule has 1 aromatic carbocycles. The molecule has 2 aliphatic rings. The first-order chi connectivity index (χ1) is 10.3. The van der Waals surface area contributed by atoms with Gasteiger partial charge in [-0.1, -0.05) is 30.2 Å². The third-order valence-corrected chi connectivity index (χ3v) is 7.09. The molecular formula is C16H20ClNO3S. The third kappa shape index (κ3) is 2.65. The lowest BCUT2D eigenvalue weighted by atomic mass is 9.63. The molecule has 1 saturated heterocycles. The quantitative estimate of drug-likeness (QED) is 0.848. The van der Waals surface area contributed by atoms with Gasteiger partial charge in [-0.3, -0.25) is 4.79 Å². The van der Waals surface area contributed by atoms with Crippen molar-refractivity contribution in [1.29, 1.82) is 0 Å². The highest BCUT2D eigenvalue weighted by atomic mass is 35.5. The summed E-state index contributed by atoms with van der Waals surface area (Å²) >= 11 is 5.94. The number of likely N-dealkylation sites (N-methyl/N-ethyl adjacent to an activating group) is 1. The Hall–Kier alpha value is -1.07. The Labute approximate surface area is 136 Å². The second-order valence-electron chi connectivity index (χ2n) is 6.42. The van der Waals surface area contributed by atoms with E-state index < -0.39 is 15.3 Å². The van der Waals surface area contributed by atoms with Crippen LogP contribution in [-0.2, 0) is 20.0 Å². The molecule has 120 valence electrons. The molecule has 0 radical (unpaired) electrons. The summed E-state index contributed by atoms with van der Waals surface area (Å²) < 4.78 is 23.3. The molecule has 1 saturated carbocycles. The molecule has 0 aromatic heterocycles. The average Bonchev–Trinajstić information content (AvgIpc) is 2.79. The maximum Gasteiger partial charge on any atom is 0.233 e. The standard InChI is InChI=1S/C16H20ClNO3S/c1-18(14-7-10-22(20,21)11-14)15(19)16(8-2-9-16)12-3-5-13(17)6-4-12/h3-6,14H,2,7-11H2,1H3. The van der Waals surface area contributed by atoms with Crippen molar-refractivity contribution in [2.75, 3.05) is 18.6 Å². The fourth-order valence-electron chi connectivity index (χ4n) is 3.51. The van der Waals surface area contributed by atoms with Crippen LogP contribution in [0.4, 0.5) is 0 Å². The highest BCUT2D eigenvalue weighted by molar-refractivity contribution is 7.91. The Morgan fingerprint density at radius 3 is 2.36 bits per heavy atom. The van der Waals surface area contributed by atoms with Gasteiger partial charge in [0.15, 0.2) is 9.84 Å². The first-order valence-corrected chi connectivity index (χ1v) is 9.78. The SMILES string of the molecule is CN(C(=O)C1(c2ccc(Cl)cc2)CCC1)C1CCS(=O)(=O)C1. The van der Waals surface area contributed by atoms with E-state index in [1.54, 1.807) is 11.9 Å². The molecule has 1 aliphatic heterocycles. The molecule has 1 amide bonds. The van der Waals surface area contributed by atoms with Gasteiger partial charge in [-0.2, -0.15) is 0 Å². The van der Waals surface area contributed by atoms with Gasteiger partial charge in [0, 0.05) is 18.1 Å². The summed E-state index contributed by atoms with van der Waals surface area (Å²) in [6.45, 7) is 0. The molecule has 4 nitrogen and oxygen atoms in total. The summed E-state index contributed by atoms with van der Waals surface area (Å²) in [6, 6.07) is 7.26. The van der Waals surface area contributed by atoms with Crippen molar-refractivity contribution in [3.8, 4) is 0 Å². The number of carbonyl (C=O) groups is 1. The van der Waals surface area contributed by atoms with Crippen molar-refractivity contribution in [2.24, 2.45) is 0 Å². The van der Waals surface area contributed by atoms with Crippen molar-refractivity contribution in [2.45, 2.75) is 37.1 Å². The van der Waals surface area contributed by atoms with E-state index in [1.807, 2.05) is 24.3 Å². The zero-order chi connectivity index (χ0) is 16.0. The smallest absolute Gasteiger partial charge is 0.233 e. The number of benzene rings is 1. The molecule has 1 atom stereocenters. The van der Waals surface area contributed by atoms with E-state index in [1.165, 1.54) is 0 Å². The molecule has 1 aromatic rings. The number of nitrogens with zero attached hydrogens (tertiary/aromatic N) is 1. The number of rotatable bonds is 3. The molecule has 22 heavy (non-hydrogen) atoms. The van der Waals surface area contributed by atoms with Crippen LogP contribution >= 0.6 is 11.6 Å². The van der Waals surface area contributed by atoms with E-state index in [2.05, 4.69) is 0 Å². The van der Waals surface area contributed by atoms with Crippen LogP contribution in [0.15, 0.2) is 24.3 Å². The van der Waals surface area contributed by atoms with Gasteiger partial charge in [-0.15, -0.1) is 0 Å². The van der Waals surface area contributed by atoms with Crippen molar-refractivity contribution >= 4 is 27.3 Å². The highest BCUT2D eigenvalue weighted by Crippen LogP contribution is 2.45. The zero-order valence-corrected chi connectivity index (χ0v) is 14.2. The lowest BCUT2D eigenvalue weighted by Crippen LogP contribution is -2.53. The first-order valence-electron chi connectivity index (χ1n) is 7.58. The number of sulfone groups is 1. The Morgan fingerprint density at radius 1 is 1.27 bits per heavy atom. The summed E-state index contributed by atoms with van der Waals surface area (Å²) in [5.74, 6) is 0.318. The molecule has 1 heterocycles. The van der Waals surface area contributed by atoms with Crippen LogP contribution in [0.5, 0.6) is 0 Å². The van der Waals surface area contributed by atoms with Gasteiger partial charge in [-0.25, -0.2) is 8.42 Å². The van der Waals surface area contributed by atoms with Crippen LogP contribution in [0.3, 0.4) is 0 Å². The zero-order valence-electron chi connectivity index (χ0n) is 12.6. The minimum atomic E-state index is -2.99. The number of carbonyl (C=O) groups excluding carboxylic acids is 1. The number of hydrogen-bond donors (Lipinski definition) is 0. The molecule has 0 N–H and O–H groups in total. The molecule has 3 rings (SSSR count). The van der Waals surface area contributed by atoms with Crippen LogP contribution in [0.2, 0.25) is 5.02 Å². The van der Waals surface area contributed by atoms with Gasteiger partial charge in [0.05, 0.1) is 16.9 Å². The van der Waals surface area contributed by atoms with Gasteiger partial charge in [-0.05, 0) is 37.0 Å². The van der Waals surface area contributed by atoms with E-state index in [0.717, 1.165) is 24.8 Å². The Kier molecular flexibility index (Phi) is 3.98. The topological polar surface area (TPSA) is 54.5 Å². The van der Waals surface area contributed by atoms with E-state index in [0.29, 0.717) is 11.4 Å². The number of hydrogen-bond acceptors (Lipinski definition) is 3. The van der Waals surface area contributed by atoms with Crippen molar-refractivity contribution in [1.82, 2.24) is 4.90 Å². The Balaban J connectivity index is 1.84. The van der Waals surface area contributed by atoms with Gasteiger partial charge < -0.3 is 4.90 Å². The minimum absolute atomic E-state index is 0.0446. The summed E-state index contributed by atoms with van der Waals surface area (Å²) in [7, 11) is -1.25. The number of amides is 1. The van der Waals surface area contributed by atoms with Gasteiger partial charge in [0.25, 0.3) is 0 Å².